The van der Waals surface area contributed by atoms with Crippen LogP contribution in [-0.4, -0.2) is 13.3 Å². The average molecular weight is 255 g/mol. The van der Waals surface area contributed by atoms with Gasteiger partial charge < -0.3 is 0 Å². The van der Waals surface area contributed by atoms with Gasteiger partial charge in [-0.25, -0.2) is 8.42 Å². The summed E-state index contributed by atoms with van der Waals surface area (Å²) in [6.45, 7) is 4.26. The molecule has 0 saturated carbocycles. The molecule has 17 heavy (non-hydrogen) atoms. The Kier molecular flexibility index (Phi) is 3.67. The molecular weight excluding hydrogens is 242 g/mol. The molecule has 0 atom stereocenters. The van der Waals surface area contributed by atoms with Gasteiger partial charge in [-0.3, -0.25) is 10.1 Å². The van der Waals surface area contributed by atoms with Crippen LogP contribution in [0.25, 0.3) is 0 Å². The SMILES string of the molecule is C/C(=C(/C)S(=O)(=O)c1ccc(C)cc1)[N+](=O)[O-]. The zero-order valence-corrected chi connectivity index (χ0v) is 10.6. The van der Waals surface area contributed by atoms with Crippen LogP contribution in [0.2, 0.25) is 0 Å². The second-order valence-corrected chi connectivity index (χ2v) is 5.81. The third-order valence-corrected chi connectivity index (χ3v) is 4.51. The minimum atomic E-state index is -3.76. The maximum atomic E-state index is 12.0. The highest BCUT2D eigenvalue weighted by atomic mass is 32.2. The summed E-state index contributed by atoms with van der Waals surface area (Å²) in [6, 6.07) is 6.20. The smallest absolute Gasteiger partial charge is 0.257 e. The van der Waals surface area contributed by atoms with Crippen molar-refractivity contribution >= 4 is 9.84 Å². The minimum absolute atomic E-state index is 0.0711. The molecule has 1 rings (SSSR count). The quantitative estimate of drug-likeness (QED) is 0.613. The molecule has 5 nitrogen and oxygen atoms in total. The molecule has 0 heterocycles. The Morgan fingerprint density at radius 1 is 1.18 bits per heavy atom. The second kappa shape index (κ2) is 4.67. The molecule has 0 bridgehead atoms. The maximum Gasteiger partial charge on any atom is 0.257 e. The highest BCUT2D eigenvalue weighted by molar-refractivity contribution is 7.95. The van der Waals surface area contributed by atoms with Crippen molar-refractivity contribution in [1.82, 2.24) is 0 Å². The third-order valence-electron chi connectivity index (χ3n) is 2.52. The van der Waals surface area contributed by atoms with Crippen LogP contribution in [0, 0.1) is 17.0 Å². The minimum Gasteiger partial charge on any atom is -0.259 e. The summed E-state index contributed by atoms with van der Waals surface area (Å²) < 4.78 is 24.1. The molecule has 0 N–H and O–H groups in total. The fraction of sp³-hybridized carbons (Fsp3) is 0.273. The zero-order valence-electron chi connectivity index (χ0n) is 9.80. The first-order chi connectivity index (χ1) is 7.76. The number of rotatable bonds is 3. The lowest BCUT2D eigenvalue weighted by molar-refractivity contribution is -0.424. The van der Waals surface area contributed by atoms with Crippen molar-refractivity contribution in [3.63, 3.8) is 0 Å². The molecule has 0 spiro atoms. The van der Waals surface area contributed by atoms with E-state index in [1.165, 1.54) is 26.0 Å². The van der Waals surface area contributed by atoms with Crippen molar-refractivity contribution in [2.75, 3.05) is 0 Å². The number of benzene rings is 1. The van der Waals surface area contributed by atoms with E-state index in [2.05, 4.69) is 0 Å². The van der Waals surface area contributed by atoms with Crippen LogP contribution >= 0.6 is 0 Å². The van der Waals surface area contributed by atoms with Crippen molar-refractivity contribution in [1.29, 1.82) is 0 Å². The number of hydrogen-bond acceptors (Lipinski definition) is 4. The van der Waals surface area contributed by atoms with Crippen LogP contribution in [-0.2, 0) is 9.84 Å². The van der Waals surface area contributed by atoms with Gasteiger partial charge in [0.05, 0.1) is 9.82 Å². The number of hydrogen-bond donors (Lipinski definition) is 0. The fourth-order valence-electron chi connectivity index (χ4n) is 1.22. The van der Waals surface area contributed by atoms with E-state index in [1.54, 1.807) is 12.1 Å². The van der Waals surface area contributed by atoms with Crippen LogP contribution < -0.4 is 0 Å². The van der Waals surface area contributed by atoms with Crippen molar-refractivity contribution in [3.05, 3.63) is 50.5 Å². The van der Waals surface area contributed by atoms with Gasteiger partial charge in [0.25, 0.3) is 5.70 Å². The average Bonchev–Trinajstić information content (AvgIpc) is 2.27. The van der Waals surface area contributed by atoms with Gasteiger partial charge in [-0.2, -0.15) is 0 Å². The van der Waals surface area contributed by atoms with E-state index in [4.69, 9.17) is 0 Å². The molecule has 0 amide bonds. The molecule has 0 aromatic heterocycles. The fourth-order valence-corrected chi connectivity index (χ4v) is 2.53. The van der Waals surface area contributed by atoms with E-state index in [0.717, 1.165) is 5.56 Å². The molecule has 1 aromatic carbocycles. The van der Waals surface area contributed by atoms with E-state index in [-0.39, 0.29) is 15.5 Å². The highest BCUT2D eigenvalue weighted by Crippen LogP contribution is 2.22. The predicted octanol–water partition coefficient (Wildman–Crippen LogP) is 2.30. The van der Waals surface area contributed by atoms with Gasteiger partial charge in [-0.05, 0) is 26.0 Å². The Bertz CT molecular complexity index is 570. The van der Waals surface area contributed by atoms with Gasteiger partial charge in [-0.15, -0.1) is 0 Å². The summed E-state index contributed by atoms with van der Waals surface area (Å²) in [5.41, 5.74) is 0.571. The predicted molar refractivity (Wildman–Crippen MR) is 63.7 cm³/mol. The highest BCUT2D eigenvalue weighted by Gasteiger charge is 2.24. The Balaban J connectivity index is 3.35. The summed E-state index contributed by atoms with van der Waals surface area (Å²) in [5.74, 6) is 0. The van der Waals surface area contributed by atoms with Crippen LogP contribution in [0.3, 0.4) is 0 Å². The summed E-state index contributed by atoms with van der Waals surface area (Å²) in [4.78, 5) is 9.70. The van der Waals surface area contributed by atoms with Gasteiger partial charge in [-0.1, -0.05) is 17.7 Å². The van der Waals surface area contributed by atoms with Gasteiger partial charge >= 0.3 is 0 Å². The lowest BCUT2D eigenvalue weighted by atomic mass is 10.2. The Labute approximate surface area is 99.8 Å². The lowest BCUT2D eigenvalue weighted by Crippen LogP contribution is -2.08. The summed E-state index contributed by atoms with van der Waals surface area (Å²) >= 11 is 0. The Morgan fingerprint density at radius 3 is 2.06 bits per heavy atom. The summed E-state index contributed by atoms with van der Waals surface area (Å²) in [6.07, 6.45) is 0. The number of sulfone groups is 1. The van der Waals surface area contributed by atoms with Crippen LogP contribution in [0.4, 0.5) is 0 Å². The standard InChI is InChI=1S/C11H13NO4S/c1-8-4-6-11(7-5-8)17(15,16)10(3)9(2)12(13)14/h4-7H,1-3H3/b10-9+. The van der Waals surface area contributed by atoms with E-state index in [0.29, 0.717) is 0 Å². The zero-order chi connectivity index (χ0) is 13.2. The first kappa shape index (κ1) is 13.4. The van der Waals surface area contributed by atoms with E-state index < -0.39 is 14.8 Å². The van der Waals surface area contributed by atoms with Crippen LogP contribution in [0.15, 0.2) is 39.8 Å². The van der Waals surface area contributed by atoms with Gasteiger partial charge in [0.2, 0.25) is 9.84 Å². The molecule has 0 saturated heterocycles. The van der Waals surface area contributed by atoms with E-state index in [9.17, 15) is 18.5 Å². The molecule has 0 fully saturated rings. The molecule has 0 radical (unpaired) electrons. The maximum absolute atomic E-state index is 12.0. The van der Waals surface area contributed by atoms with E-state index in [1.807, 2.05) is 6.92 Å². The Morgan fingerprint density at radius 2 is 1.65 bits per heavy atom. The van der Waals surface area contributed by atoms with Crippen molar-refractivity contribution in [2.45, 2.75) is 25.7 Å². The molecule has 0 aliphatic carbocycles. The molecular formula is C11H13NO4S. The number of nitro groups is 1. The first-order valence-corrected chi connectivity index (χ1v) is 6.38. The Hall–Kier alpha value is -1.69. The topological polar surface area (TPSA) is 77.3 Å². The molecule has 1 aromatic rings. The van der Waals surface area contributed by atoms with Crippen LogP contribution in [0.1, 0.15) is 19.4 Å². The van der Waals surface area contributed by atoms with Gasteiger partial charge in [0.1, 0.15) is 4.91 Å². The normalized spacial score (nSPS) is 13.1. The third kappa shape index (κ3) is 2.71. The van der Waals surface area contributed by atoms with Gasteiger partial charge in [0.15, 0.2) is 0 Å². The summed E-state index contributed by atoms with van der Waals surface area (Å²) in [7, 11) is -3.76. The molecule has 0 aliphatic heterocycles. The second-order valence-electron chi connectivity index (χ2n) is 3.72. The first-order valence-electron chi connectivity index (χ1n) is 4.90. The van der Waals surface area contributed by atoms with Crippen molar-refractivity contribution in [3.8, 4) is 0 Å². The molecule has 6 heteroatoms. The van der Waals surface area contributed by atoms with Crippen molar-refractivity contribution in [2.24, 2.45) is 0 Å². The molecule has 92 valence electrons. The number of aryl methyl sites for hydroxylation is 1. The van der Waals surface area contributed by atoms with Crippen molar-refractivity contribution < 1.29 is 13.3 Å². The molecule has 0 unspecified atom stereocenters. The van der Waals surface area contributed by atoms with Gasteiger partial charge in [0, 0.05) is 6.92 Å². The largest absolute Gasteiger partial charge is 0.259 e. The number of nitrogens with zero attached hydrogens (tertiary/aromatic N) is 1. The lowest BCUT2D eigenvalue weighted by Gasteiger charge is -2.04. The van der Waals surface area contributed by atoms with Crippen LogP contribution in [0.5, 0.6) is 0 Å². The molecule has 0 aliphatic rings. The van der Waals surface area contributed by atoms with E-state index >= 15 is 0 Å². The monoisotopic (exact) mass is 255 g/mol. The summed E-state index contributed by atoms with van der Waals surface area (Å²) in [5, 5.41) is 10.6. The number of allylic oxidation sites excluding steroid dienone is 2.